The summed E-state index contributed by atoms with van der Waals surface area (Å²) in [5.41, 5.74) is 1.80. The summed E-state index contributed by atoms with van der Waals surface area (Å²) < 4.78 is 6.97. The number of hydrogen-bond donors (Lipinski definition) is 1. The lowest BCUT2D eigenvalue weighted by Gasteiger charge is -2.12. The molecule has 0 aliphatic carbocycles. The maximum Gasteiger partial charge on any atom is 0.331 e. The number of hydrogen-bond acceptors (Lipinski definition) is 3. The van der Waals surface area contributed by atoms with Gasteiger partial charge in [-0.05, 0) is 50.5 Å². The highest BCUT2D eigenvalue weighted by molar-refractivity contribution is 5.37. The molecule has 23 heavy (non-hydrogen) atoms. The van der Waals surface area contributed by atoms with Crippen LogP contribution in [0.4, 0.5) is 0 Å². The first-order valence-electron chi connectivity index (χ1n) is 7.69. The minimum atomic E-state index is -0.468. The third-order valence-corrected chi connectivity index (χ3v) is 3.54. The number of H-pyrrole nitrogens is 1. The van der Waals surface area contributed by atoms with Crippen molar-refractivity contribution in [1.82, 2.24) is 9.55 Å². The Kier molecular flexibility index (Phi) is 5.21. The van der Waals surface area contributed by atoms with Crippen LogP contribution >= 0.6 is 0 Å². The van der Waals surface area contributed by atoms with Crippen LogP contribution in [0.3, 0.4) is 0 Å². The van der Waals surface area contributed by atoms with Crippen LogP contribution in [-0.4, -0.2) is 9.55 Å². The van der Waals surface area contributed by atoms with Gasteiger partial charge in [-0.3, -0.25) is 14.3 Å². The maximum atomic E-state index is 12.5. The Morgan fingerprint density at radius 2 is 1.83 bits per heavy atom. The fraction of sp³-hybridized carbons (Fsp3) is 0.333. The topological polar surface area (TPSA) is 64.1 Å². The monoisotopic (exact) mass is 314 g/mol. The van der Waals surface area contributed by atoms with Crippen LogP contribution in [0, 0.1) is 13.8 Å². The number of aryl methyl sites for hydroxylation is 2. The van der Waals surface area contributed by atoms with Gasteiger partial charge in [0.15, 0.2) is 0 Å². The van der Waals surface area contributed by atoms with Gasteiger partial charge in [0, 0.05) is 6.54 Å². The molecule has 0 bridgehead atoms. The van der Waals surface area contributed by atoms with Crippen molar-refractivity contribution in [1.29, 1.82) is 0 Å². The van der Waals surface area contributed by atoms with Gasteiger partial charge < -0.3 is 4.74 Å². The molecule has 5 heteroatoms. The minimum absolute atomic E-state index is 0.226. The molecular formula is C18H22N2O3. The lowest BCUT2D eigenvalue weighted by Crippen LogP contribution is -2.37. The summed E-state index contributed by atoms with van der Waals surface area (Å²) in [6.07, 6.45) is 4.05. The van der Waals surface area contributed by atoms with E-state index in [1.807, 2.05) is 45.9 Å². The summed E-state index contributed by atoms with van der Waals surface area (Å²) in [5, 5.41) is 0. The molecular weight excluding hydrogens is 292 g/mol. The molecule has 5 nitrogen and oxygen atoms in total. The molecule has 0 unspecified atom stereocenters. The number of ether oxygens (including phenoxy) is 1. The maximum absolute atomic E-state index is 12.5. The second kappa shape index (κ2) is 7.13. The zero-order valence-corrected chi connectivity index (χ0v) is 14.0. The number of nitrogens with one attached hydrogen (secondary N) is 1. The van der Waals surface area contributed by atoms with Crippen LogP contribution in [0.25, 0.3) is 0 Å². The largest absolute Gasteiger partial charge is 0.440 e. The van der Waals surface area contributed by atoms with E-state index in [0.717, 1.165) is 11.1 Å². The number of aromatic nitrogens is 2. The molecule has 1 aromatic carbocycles. The van der Waals surface area contributed by atoms with E-state index < -0.39 is 5.69 Å². The molecule has 122 valence electrons. The Morgan fingerprint density at radius 3 is 2.39 bits per heavy atom. The summed E-state index contributed by atoms with van der Waals surface area (Å²) >= 11 is 0. The van der Waals surface area contributed by atoms with Crippen LogP contribution < -0.4 is 16.0 Å². The highest BCUT2D eigenvalue weighted by Gasteiger charge is 2.14. The van der Waals surface area contributed by atoms with E-state index in [4.69, 9.17) is 4.74 Å². The van der Waals surface area contributed by atoms with E-state index in [9.17, 15) is 9.59 Å². The molecule has 0 radical (unpaired) electrons. The molecule has 1 aromatic heterocycles. The van der Waals surface area contributed by atoms with Gasteiger partial charge in [0.2, 0.25) is 5.88 Å². The Balaban J connectivity index is 2.50. The molecule has 0 spiro atoms. The number of benzene rings is 1. The van der Waals surface area contributed by atoms with Crippen molar-refractivity contribution in [2.45, 2.75) is 40.7 Å². The second-order valence-electron chi connectivity index (χ2n) is 5.50. The molecule has 1 N–H and O–H groups in total. The van der Waals surface area contributed by atoms with E-state index in [0.29, 0.717) is 17.7 Å². The predicted molar refractivity (Wildman–Crippen MR) is 91.5 cm³/mol. The predicted octanol–water partition coefficient (Wildman–Crippen LogP) is 3.08. The quantitative estimate of drug-likeness (QED) is 0.863. The first-order valence-corrected chi connectivity index (χ1v) is 7.69. The molecule has 0 saturated carbocycles. The molecule has 0 saturated heterocycles. The minimum Gasteiger partial charge on any atom is -0.440 e. The van der Waals surface area contributed by atoms with Crippen LogP contribution in [-0.2, 0) is 13.0 Å². The van der Waals surface area contributed by atoms with Crippen LogP contribution in [0.1, 0.15) is 30.5 Å². The Hall–Kier alpha value is -2.56. The number of aromatic amines is 1. The molecule has 2 rings (SSSR count). The number of nitrogens with zero attached hydrogens (tertiary/aromatic N) is 1. The van der Waals surface area contributed by atoms with Gasteiger partial charge in [-0.2, -0.15) is 0 Å². The van der Waals surface area contributed by atoms with E-state index >= 15 is 0 Å². The normalized spacial score (nSPS) is 11.1. The lowest BCUT2D eigenvalue weighted by atomic mass is 10.1. The standard InChI is InChI=1S/C18H22N2O3/c1-5-7-8-20-17(21)15(6-2)16(19-18(20)22)23-14-10-12(3)9-13(4)11-14/h5,7,9-11H,6,8H2,1-4H3,(H,19,22)/b7-5+. The smallest absolute Gasteiger partial charge is 0.331 e. The van der Waals surface area contributed by atoms with Gasteiger partial charge in [-0.25, -0.2) is 4.79 Å². The SMILES string of the molecule is C/C=C/Cn1c(=O)[nH]c(Oc2cc(C)cc(C)c2)c(CC)c1=O. The van der Waals surface area contributed by atoms with Gasteiger partial charge in [-0.1, -0.05) is 25.1 Å². The fourth-order valence-electron chi connectivity index (χ4n) is 2.48. The zero-order chi connectivity index (χ0) is 17.0. The second-order valence-corrected chi connectivity index (χ2v) is 5.50. The van der Waals surface area contributed by atoms with Gasteiger partial charge in [-0.15, -0.1) is 0 Å². The Labute approximate surface area is 135 Å². The lowest BCUT2D eigenvalue weighted by molar-refractivity contribution is 0.444. The van der Waals surface area contributed by atoms with E-state index in [1.165, 1.54) is 4.57 Å². The van der Waals surface area contributed by atoms with Crippen molar-refractivity contribution in [2.24, 2.45) is 0 Å². The summed E-state index contributed by atoms with van der Waals surface area (Å²) in [6.45, 7) is 7.90. The fourth-order valence-corrected chi connectivity index (χ4v) is 2.48. The highest BCUT2D eigenvalue weighted by Crippen LogP contribution is 2.23. The first kappa shape index (κ1) is 16.8. The van der Waals surface area contributed by atoms with Gasteiger partial charge in [0.1, 0.15) is 5.75 Å². The van der Waals surface area contributed by atoms with E-state index in [-0.39, 0.29) is 18.0 Å². The molecule has 2 aromatic rings. The first-order chi connectivity index (χ1) is 11.0. The third kappa shape index (κ3) is 3.80. The summed E-state index contributed by atoms with van der Waals surface area (Å²) in [5.74, 6) is 0.836. The number of allylic oxidation sites excluding steroid dienone is 2. The molecule has 0 amide bonds. The zero-order valence-electron chi connectivity index (χ0n) is 14.0. The third-order valence-electron chi connectivity index (χ3n) is 3.54. The average molecular weight is 314 g/mol. The molecule has 0 aliphatic rings. The van der Waals surface area contributed by atoms with Crippen molar-refractivity contribution in [3.05, 3.63) is 67.9 Å². The Bertz CT molecular complexity index is 824. The van der Waals surface area contributed by atoms with Crippen LogP contribution in [0.15, 0.2) is 39.9 Å². The van der Waals surface area contributed by atoms with E-state index in [2.05, 4.69) is 4.98 Å². The summed E-state index contributed by atoms with van der Waals surface area (Å²) in [6, 6.07) is 5.78. The van der Waals surface area contributed by atoms with Gasteiger partial charge >= 0.3 is 5.69 Å². The number of rotatable bonds is 5. The Morgan fingerprint density at radius 1 is 1.17 bits per heavy atom. The van der Waals surface area contributed by atoms with Crippen molar-refractivity contribution in [3.8, 4) is 11.6 Å². The summed E-state index contributed by atoms with van der Waals surface area (Å²) in [4.78, 5) is 27.3. The molecule has 0 aliphatic heterocycles. The van der Waals surface area contributed by atoms with Crippen molar-refractivity contribution < 1.29 is 4.74 Å². The van der Waals surface area contributed by atoms with Gasteiger partial charge in [0.25, 0.3) is 5.56 Å². The average Bonchev–Trinajstić information content (AvgIpc) is 2.46. The highest BCUT2D eigenvalue weighted by atomic mass is 16.5. The van der Waals surface area contributed by atoms with Crippen molar-refractivity contribution in [2.75, 3.05) is 0 Å². The summed E-state index contributed by atoms with van der Waals surface area (Å²) in [7, 11) is 0. The van der Waals surface area contributed by atoms with Gasteiger partial charge in [0.05, 0.1) is 5.56 Å². The van der Waals surface area contributed by atoms with E-state index in [1.54, 1.807) is 12.2 Å². The molecule has 0 fully saturated rings. The molecule has 1 heterocycles. The van der Waals surface area contributed by atoms with Crippen LogP contribution in [0.2, 0.25) is 0 Å². The van der Waals surface area contributed by atoms with Crippen molar-refractivity contribution in [3.63, 3.8) is 0 Å². The van der Waals surface area contributed by atoms with Crippen LogP contribution in [0.5, 0.6) is 11.6 Å². The van der Waals surface area contributed by atoms with Crippen molar-refractivity contribution >= 4 is 0 Å². The molecule has 0 atom stereocenters.